The number of methoxy groups -OCH3 is 1. The molecular formula is C21H36IN3O3. The van der Waals surface area contributed by atoms with Crippen LogP contribution in [0, 0.1) is 11.3 Å². The molecule has 6 nitrogen and oxygen atoms in total. The lowest BCUT2D eigenvalue weighted by Gasteiger charge is -2.27. The minimum absolute atomic E-state index is 0. The van der Waals surface area contributed by atoms with E-state index in [4.69, 9.17) is 18.9 Å². The second kappa shape index (κ2) is 12.7. The summed E-state index contributed by atoms with van der Waals surface area (Å²) in [5, 5.41) is 7.02. The van der Waals surface area contributed by atoms with Gasteiger partial charge in [0.25, 0.3) is 0 Å². The third kappa shape index (κ3) is 7.55. The van der Waals surface area contributed by atoms with Gasteiger partial charge in [-0.15, -0.1) is 24.0 Å². The van der Waals surface area contributed by atoms with Gasteiger partial charge in [-0.05, 0) is 43.2 Å². The minimum Gasteiger partial charge on any atom is -0.469 e. The molecule has 1 saturated carbocycles. The number of ether oxygens (including phenoxy) is 2. The number of nitrogens with zero attached hydrogens (tertiary/aromatic N) is 1. The van der Waals surface area contributed by atoms with Gasteiger partial charge in [-0.1, -0.05) is 12.8 Å². The van der Waals surface area contributed by atoms with E-state index in [0.29, 0.717) is 11.3 Å². The maximum absolute atomic E-state index is 5.49. The Balaban J connectivity index is 0.00000280. The Bertz CT molecular complexity index is 553. The van der Waals surface area contributed by atoms with Crippen LogP contribution in [0.4, 0.5) is 0 Å². The monoisotopic (exact) mass is 505 g/mol. The molecule has 1 atom stereocenters. The van der Waals surface area contributed by atoms with Gasteiger partial charge in [0.05, 0.1) is 12.9 Å². The Morgan fingerprint density at radius 3 is 2.86 bits per heavy atom. The first-order chi connectivity index (χ1) is 13.3. The van der Waals surface area contributed by atoms with Crippen LogP contribution in [0.15, 0.2) is 27.8 Å². The predicted octanol–water partition coefficient (Wildman–Crippen LogP) is 3.61. The summed E-state index contributed by atoms with van der Waals surface area (Å²) < 4.78 is 16.3. The zero-order chi connectivity index (χ0) is 18.8. The fourth-order valence-electron chi connectivity index (χ4n) is 4.10. The lowest BCUT2D eigenvalue weighted by atomic mass is 9.83. The Morgan fingerprint density at radius 2 is 2.18 bits per heavy atom. The smallest absolute Gasteiger partial charge is 0.191 e. The normalized spacial score (nSPS) is 21.5. The highest BCUT2D eigenvalue weighted by Gasteiger charge is 2.33. The van der Waals surface area contributed by atoms with Crippen LogP contribution in [0.25, 0.3) is 0 Å². The standard InChI is InChI=1S/C21H35N3O3.HI/c1-25-14-10-21(8-2-3-9-21)17-24-20(23-15-18-7-13-26-16-18)22-11-6-19-5-4-12-27-19;/h4-5,12,18H,2-3,6-11,13-17H2,1H3,(H2,22,23,24);1H. The van der Waals surface area contributed by atoms with Crippen LogP contribution in [-0.2, 0) is 15.9 Å². The molecule has 28 heavy (non-hydrogen) atoms. The zero-order valence-corrected chi connectivity index (χ0v) is 19.4. The van der Waals surface area contributed by atoms with Gasteiger partial charge < -0.3 is 24.5 Å². The van der Waals surface area contributed by atoms with Gasteiger partial charge in [-0.3, -0.25) is 4.99 Å². The summed E-state index contributed by atoms with van der Waals surface area (Å²) in [5.41, 5.74) is 0.308. The van der Waals surface area contributed by atoms with Crippen molar-refractivity contribution < 1.29 is 13.9 Å². The number of hydrogen-bond acceptors (Lipinski definition) is 4. The molecule has 1 aliphatic carbocycles. The molecule has 2 heterocycles. The van der Waals surface area contributed by atoms with E-state index in [1.54, 1.807) is 13.4 Å². The maximum atomic E-state index is 5.49. The van der Waals surface area contributed by atoms with Crippen LogP contribution in [0.1, 0.15) is 44.3 Å². The largest absolute Gasteiger partial charge is 0.469 e. The third-order valence-electron chi connectivity index (χ3n) is 5.90. The number of nitrogens with one attached hydrogen (secondary N) is 2. The second-order valence-electron chi connectivity index (χ2n) is 7.98. The van der Waals surface area contributed by atoms with E-state index in [-0.39, 0.29) is 24.0 Å². The van der Waals surface area contributed by atoms with E-state index in [9.17, 15) is 0 Å². The Hall–Kier alpha value is -0.800. The Morgan fingerprint density at radius 1 is 1.32 bits per heavy atom. The molecule has 0 radical (unpaired) electrons. The molecule has 0 spiro atoms. The summed E-state index contributed by atoms with van der Waals surface area (Å²) in [6, 6.07) is 3.95. The van der Waals surface area contributed by atoms with E-state index in [0.717, 1.165) is 70.4 Å². The molecule has 1 aromatic heterocycles. The molecule has 160 valence electrons. The van der Waals surface area contributed by atoms with Crippen LogP contribution in [0.3, 0.4) is 0 Å². The van der Waals surface area contributed by atoms with Gasteiger partial charge in [-0.2, -0.15) is 0 Å². The summed E-state index contributed by atoms with van der Waals surface area (Å²) in [6.45, 7) is 5.15. The fraction of sp³-hybridized carbons (Fsp3) is 0.762. The van der Waals surface area contributed by atoms with Crippen molar-refractivity contribution in [2.75, 3.05) is 46.6 Å². The molecule has 1 aromatic rings. The molecular weight excluding hydrogens is 469 g/mol. The van der Waals surface area contributed by atoms with Crippen molar-refractivity contribution in [3.05, 3.63) is 24.2 Å². The molecule has 3 rings (SSSR count). The Labute approximate surface area is 186 Å². The van der Waals surface area contributed by atoms with Crippen LogP contribution < -0.4 is 10.6 Å². The van der Waals surface area contributed by atoms with Gasteiger partial charge in [0.1, 0.15) is 5.76 Å². The lowest BCUT2D eigenvalue weighted by molar-refractivity contribution is 0.141. The number of hydrogen-bond donors (Lipinski definition) is 2. The van der Waals surface area contributed by atoms with Crippen molar-refractivity contribution in [3.63, 3.8) is 0 Å². The van der Waals surface area contributed by atoms with E-state index < -0.39 is 0 Å². The van der Waals surface area contributed by atoms with Crippen molar-refractivity contribution in [2.45, 2.75) is 44.9 Å². The van der Waals surface area contributed by atoms with E-state index in [1.165, 1.54) is 25.7 Å². The summed E-state index contributed by atoms with van der Waals surface area (Å²) in [5.74, 6) is 2.49. The number of aliphatic imine (C=N–C) groups is 1. The number of rotatable bonds is 10. The molecule has 0 aromatic carbocycles. The fourth-order valence-corrected chi connectivity index (χ4v) is 4.10. The van der Waals surface area contributed by atoms with Gasteiger partial charge in [-0.25, -0.2) is 0 Å². The predicted molar refractivity (Wildman–Crippen MR) is 122 cm³/mol. The molecule has 1 saturated heterocycles. The second-order valence-corrected chi connectivity index (χ2v) is 7.98. The van der Waals surface area contributed by atoms with Gasteiger partial charge in [0.15, 0.2) is 5.96 Å². The highest BCUT2D eigenvalue weighted by molar-refractivity contribution is 14.0. The third-order valence-corrected chi connectivity index (χ3v) is 5.90. The zero-order valence-electron chi connectivity index (χ0n) is 17.1. The van der Waals surface area contributed by atoms with Crippen LogP contribution >= 0.6 is 24.0 Å². The first kappa shape index (κ1) is 23.5. The van der Waals surface area contributed by atoms with Crippen LogP contribution in [0.2, 0.25) is 0 Å². The molecule has 2 N–H and O–H groups in total. The molecule has 2 fully saturated rings. The highest BCUT2D eigenvalue weighted by Crippen LogP contribution is 2.41. The average molecular weight is 505 g/mol. The lowest BCUT2D eigenvalue weighted by Crippen LogP contribution is -2.41. The van der Waals surface area contributed by atoms with Crippen LogP contribution in [0.5, 0.6) is 0 Å². The first-order valence-electron chi connectivity index (χ1n) is 10.4. The molecule has 2 aliphatic rings. The number of halogens is 1. The number of furan rings is 1. The SMILES string of the molecule is COCCC1(CN=C(NCCc2ccco2)NCC2CCOC2)CCCC1.I. The van der Waals surface area contributed by atoms with E-state index in [2.05, 4.69) is 10.6 Å². The minimum atomic E-state index is 0. The molecule has 7 heteroatoms. The number of guanidine groups is 1. The topological polar surface area (TPSA) is 68.0 Å². The van der Waals surface area contributed by atoms with E-state index >= 15 is 0 Å². The molecule has 0 amide bonds. The Kier molecular flexibility index (Phi) is 10.6. The summed E-state index contributed by atoms with van der Waals surface area (Å²) in [4.78, 5) is 4.98. The van der Waals surface area contributed by atoms with Crippen molar-refractivity contribution >= 4 is 29.9 Å². The van der Waals surface area contributed by atoms with Crippen molar-refractivity contribution in [2.24, 2.45) is 16.3 Å². The van der Waals surface area contributed by atoms with Gasteiger partial charge in [0, 0.05) is 52.3 Å². The van der Waals surface area contributed by atoms with Gasteiger partial charge >= 0.3 is 0 Å². The van der Waals surface area contributed by atoms with E-state index in [1.807, 2.05) is 12.1 Å². The van der Waals surface area contributed by atoms with Gasteiger partial charge in [0.2, 0.25) is 0 Å². The molecule has 1 unspecified atom stereocenters. The first-order valence-corrected chi connectivity index (χ1v) is 10.4. The quantitative estimate of drug-likeness (QED) is 0.289. The summed E-state index contributed by atoms with van der Waals surface area (Å²) in [6.07, 6.45) is 9.96. The highest BCUT2D eigenvalue weighted by atomic mass is 127. The molecule has 1 aliphatic heterocycles. The summed E-state index contributed by atoms with van der Waals surface area (Å²) >= 11 is 0. The summed E-state index contributed by atoms with van der Waals surface area (Å²) in [7, 11) is 1.79. The van der Waals surface area contributed by atoms with Crippen LogP contribution in [-0.4, -0.2) is 52.5 Å². The maximum Gasteiger partial charge on any atom is 0.191 e. The van der Waals surface area contributed by atoms with Crippen molar-refractivity contribution in [3.8, 4) is 0 Å². The molecule has 0 bridgehead atoms. The average Bonchev–Trinajstić information content (AvgIpc) is 3.45. The van der Waals surface area contributed by atoms with Crippen molar-refractivity contribution in [1.29, 1.82) is 0 Å². The van der Waals surface area contributed by atoms with Crippen molar-refractivity contribution in [1.82, 2.24) is 10.6 Å².